The predicted octanol–water partition coefficient (Wildman–Crippen LogP) is 4.85. The number of ether oxygens (including phenoxy) is 2. The number of carbonyl (C=O) groups excluding carboxylic acids is 2. The van der Waals surface area contributed by atoms with Crippen molar-refractivity contribution in [1.29, 1.82) is 0 Å². The van der Waals surface area contributed by atoms with Crippen molar-refractivity contribution in [2.45, 2.75) is 70.7 Å². The lowest BCUT2D eigenvalue weighted by molar-refractivity contribution is -0.561. The van der Waals surface area contributed by atoms with Crippen molar-refractivity contribution in [2.75, 3.05) is 0 Å². The molecule has 2 atom stereocenters. The quantitative estimate of drug-likeness (QED) is 0.362. The fraction of sp³-hybridized carbons (Fsp3) is 0.440. The number of benzene rings is 2. The van der Waals surface area contributed by atoms with Crippen LogP contribution in [0.3, 0.4) is 0 Å². The van der Waals surface area contributed by atoms with Gasteiger partial charge in [0.15, 0.2) is 0 Å². The number of amides is 1. The van der Waals surface area contributed by atoms with E-state index in [0.29, 0.717) is 11.1 Å². The van der Waals surface area contributed by atoms with Gasteiger partial charge in [-0.15, -0.1) is 0 Å². The second kappa shape index (κ2) is 10.0. The van der Waals surface area contributed by atoms with Crippen LogP contribution in [0.15, 0.2) is 60.7 Å². The van der Waals surface area contributed by atoms with Crippen LogP contribution >= 0.6 is 0 Å². The zero-order valence-electron chi connectivity index (χ0n) is 20.0. The lowest BCUT2D eigenvalue weighted by Gasteiger charge is -2.34. The lowest BCUT2D eigenvalue weighted by atomic mass is 9.80. The fourth-order valence-corrected chi connectivity index (χ4v) is 3.36. The summed E-state index contributed by atoms with van der Waals surface area (Å²) in [4.78, 5) is 38.4. The molecule has 8 heteroatoms. The fourth-order valence-electron chi connectivity index (χ4n) is 3.36. The molecule has 1 N–H and O–H groups in total. The molecule has 2 aromatic carbocycles. The summed E-state index contributed by atoms with van der Waals surface area (Å²) >= 11 is 0. The van der Waals surface area contributed by atoms with Gasteiger partial charge in [-0.3, -0.25) is 10.1 Å². The maximum absolute atomic E-state index is 13.6. The van der Waals surface area contributed by atoms with Gasteiger partial charge in [-0.25, -0.2) is 9.59 Å². The van der Waals surface area contributed by atoms with Crippen molar-refractivity contribution in [3.8, 4) is 0 Å². The second-order valence-electron chi connectivity index (χ2n) is 9.84. The van der Waals surface area contributed by atoms with Gasteiger partial charge in [0, 0.05) is 4.92 Å². The standard InChI is InChI=1S/C25H32N2O6/c1-23(2,3)32-21(28)25(27(30)31,17-18-13-9-7-10-14-18)20(19-15-11-8-12-16-19)26-22(29)33-24(4,5)6/h7-16,20H,17H2,1-6H3,(H,26,29)/t20-,25-/m1/s1. The van der Waals surface area contributed by atoms with E-state index in [1.807, 2.05) is 0 Å². The first-order chi connectivity index (χ1) is 15.2. The van der Waals surface area contributed by atoms with E-state index in [0.717, 1.165) is 0 Å². The molecule has 178 valence electrons. The third kappa shape index (κ3) is 7.03. The molecule has 0 unspecified atom stereocenters. The van der Waals surface area contributed by atoms with Crippen LogP contribution in [0, 0.1) is 10.1 Å². The van der Waals surface area contributed by atoms with E-state index in [9.17, 15) is 19.7 Å². The van der Waals surface area contributed by atoms with E-state index in [1.165, 1.54) is 0 Å². The molecule has 0 bridgehead atoms. The smallest absolute Gasteiger partial charge is 0.408 e. The number of nitrogens with zero attached hydrogens (tertiary/aromatic N) is 1. The van der Waals surface area contributed by atoms with Crippen molar-refractivity contribution >= 4 is 12.1 Å². The molecule has 0 radical (unpaired) electrons. The minimum atomic E-state index is -2.35. The van der Waals surface area contributed by atoms with Gasteiger partial charge in [-0.2, -0.15) is 0 Å². The Labute approximate surface area is 194 Å². The molecule has 0 heterocycles. The van der Waals surface area contributed by atoms with E-state index in [1.54, 1.807) is 102 Å². The minimum Gasteiger partial charge on any atom is -0.455 e. The van der Waals surface area contributed by atoms with Crippen molar-refractivity contribution in [2.24, 2.45) is 0 Å². The van der Waals surface area contributed by atoms with Gasteiger partial charge in [0.1, 0.15) is 17.2 Å². The van der Waals surface area contributed by atoms with Gasteiger partial charge in [-0.05, 0) is 52.7 Å². The summed E-state index contributed by atoms with van der Waals surface area (Å²) < 4.78 is 10.9. The molecule has 8 nitrogen and oxygen atoms in total. The summed E-state index contributed by atoms with van der Waals surface area (Å²) in [7, 11) is 0. The Hall–Kier alpha value is -3.42. The molecule has 2 aromatic rings. The molecule has 0 aliphatic heterocycles. The van der Waals surface area contributed by atoms with Gasteiger partial charge >= 0.3 is 17.6 Å². The highest BCUT2D eigenvalue weighted by molar-refractivity contribution is 5.83. The topological polar surface area (TPSA) is 108 Å². The highest BCUT2D eigenvalue weighted by Gasteiger charge is 2.61. The Morgan fingerprint density at radius 3 is 1.82 bits per heavy atom. The van der Waals surface area contributed by atoms with Crippen molar-refractivity contribution in [1.82, 2.24) is 5.32 Å². The molecule has 33 heavy (non-hydrogen) atoms. The highest BCUT2D eigenvalue weighted by Crippen LogP contribution is 2.35. The monoisotopic (exact) mass is 456 g/mol. The maximum atomic E-state index is 13.6. The first-order valence-corrected chi connectivity index (χ1v) is 10.7. The Morgan fingerprint density at radius 1 is 0.879 bits per heavy atom. The first kappa shape index (κ1) is 25.8. The number of esters is 1. The largest absolute Gasteiger partial charge is 0.455 e. The van der Waals surface area contributed by atoms with E-state index < -0.39 is 39.8 Å². The molecule has 0 saturated heterocycles. The number of carbonyl (C=O) groups is 2. The molecule has 0 saturated carbocycles. The third-order valence-corrected chi connectivity index (χ3v) is 4.67. The molecule has 0 aliphatic carbocycles. The van der Waals surface area contributed by atoms with Gasteiger partial charge in [0.25, 0.3) is 0 Å². The van der Waals surface area contributed by atoms with E-state index in [4.69, 9.17) is 9.47 Å². The first-order valence-electron chi connectivity index (χ1n) is 10.7. The lowest BCUT2D eigenvalue weighted by Crippen LogP contribution is -2.60. The predicted molar refractivity (Wildman–Crippen MR) is 124 cm³/mol. The van der Waals surface area contributed by atoms with Crippen molar-refractivity contribution in [3.05, 3.63) is 81.9 Å². The normalized spacial score (nSPS) is 14.5. The van der Waals surface area contributed by atoms with Crippen LogP contribution in [0.1, 0.15) is 58.7 Å². The Balaban J connectivity index is 2.70. The van der Waals surface area contributed by atoms with Gasteiger partial charge < -0.3 is 14.8 Å². The molecule has 0 aliphatic rings. The number of hydrogen-bond donors (Lipinski definition) is 1. The number of nitrogens with one attached hydrogen (secondary N) is 1. The zero-order chi connectivity index (χ0) is 24.9. The summed E-state index contributed by atoms with van der Waals surface area (Å²) in [5.41, 5.74) is -3.25. The van der Waals surface area contributed by atoms with Crippen molar-refractivity contribution in [3.63, 3.8) is 0 Å². The molecule has 1 amide bonds. The Kier molecular flexibility index (Phi) is 7.84. The number of nitro groups is 1. The SMILES string of the molecule is CC(C)(C)OC(=O)N[C@H](c1ccccc1)[C@](Cc1ccccc1)(C(=O)OC(C)(C)C)[N+](=O)[O-]. The Morgan fingerprint density at radius 2 is 1.36 bits per heavy atom. The number of alkyl carbamates (subject to hydrolysis) is 1. The zero-order valence-corrected chi connectivity index (χ0v) is 20.0. The average Bonchev–Trinajstić information content (AvgIpc) is 2.69. The summed E-state index contributed by atoms with van der Waals surface area (Å²) in [6.45, 7) is 9.96. The minimum absolute atomic E-state index is 0.300. The molecular formula is C25H32N2O6. The third-order valence-electron chi connectivity index (χ3n) is 4.67. The Bertz CT molecular complexity index is 964. The van der Waals surface area contributed by atoms with E-state index in [2.05, 4.69) is 5.32 Å². The second-order valence-corrected chi connectivity index (χ2v) is 9.84. The van der Waals surface area contributed by atoms with Crippen molar-refractivity contribution < 1.29 is 24.0 Å². The number of hydrogen-bond acceptors (Lipinski definition) is 6. The van der Waals surface area contributed by atoms with Gasteiger partial charge in [0.05, 0.1) is 6.42 Å². The van der Waals surface area contributed by atoms with Crippen LogP contribution < -0.4 is 5.32 Å². The van der Waals surface area contributed by atoms with E-state index >= 15 is 0 Å². The van der Waals surface area contributed by atoms with E-state index in [-0.39, 0.29) is 6.42 Å². The van der Waals surface area contributed by atoms with Crippen LogP contribution in [-0.2, 0) is 20.7 Å². The molecule has 0 fully saturated rings. The van der Waals surface area contributed by atoms with Crippen LogP contribution in [0.2, 0.25) is 0 Å². The van der Waals surface area contributed by atoms with Crippen LogP contribution in [0.4, 0.5) is 4.79 Å². The molecule has 0 aromatic heterocycles. The maximum Gasteiger partial charge on any atom is 0.408 e. The van der Waals surface area contributed by atoms with Crippen LogP contribution in [-0.4, -0.2) is 33.7 Å². The highest BCUT2D eigenvalue weighted by atomic mass is 16.6. The summed E-state index contributed by atoms with van der Waals surface area (Å²) in [5.74, 6) is -1.05. The molecule has 0 spiro atoms. The molecular weight excluding hydrogens is 424 g/mol. The molecule has 2 rings (SSSR count). The summed E-state index contributed by atoms with van der Waals surface area (Å²) in [5, 5.41) is 15.3. The van der Waals surface area contributed by atoms with Crippen LogP contribution in [0.5, 0.6) is 0 Å². The summed E-state index contributed by atoms with van der Waals surface area (Å²) in [6.07, 6.45) is -1.18. The van der Waals surface area contributed by atoms with Gasteiger partial charge in [0.2, 0.25) is 0 Å². The average molecular weight is 457 g/mol. The van der Waals surface area contributed by atoms with Crippen LogP contribution in [0.25, 0.3) is 0 Å². The number of rotatable bonds is 7. The van der Waals surface area contributed by atoms with Gasteiger partial charge in [-0.1, -0.05) is 60.7 Å². The summed E-state index contributed by atoms with van der Waals surface area (Å²) in [6, 6.07) is 15.6.